The molecular weight excluding hydrogens is 619 g/mol. The Balaban J connectivity index is 1.37. The molecule has 2 aliphatic rings. The number of carbonyl (C=O) groups is 1. The normalized spacial score (nSPS) is 15.3. The van der Waals surface area contributed by atoms with Crippen molar-refractivity contribution in [3.8, 4) is 5.82 Å². The van der Waals surface area contributed by atoms with E-state index in [2.05, 4.69) is 9.72 Å². The molecule has 46 heavy (non-hydrogen) atoms. The molecule has 1 saturated heterocycles. The second-order valence-electron chi connectivity index (χ2n) is 11.0. The molecule has 7 nitrogen and oxygen atoms in total. The molecule has 2 aliphatic heterocycles. The van der Waals surface area contributed by atoms with Gasteiger partial charge in [0.2, 0.25) is 0 Å². The van der Waals surface area contributed by atoms with Gasteiger partial charge in [0, 0.05) is 35.7 Å². The molecule has 2 aromatic carbocycles. The lowest BCUT2D eigenvalue weighted by atomic mass is 9.91. The first-order valence-electron chi connectivity index (χ1n) is 14.4. The Labute approximate surface area is 258 Å². The van der Waals surface area contributed by atoms with Gasteiger partial charge in [0.15, 0.2) is 5.82 Å². The fraction of sp³-hybridized carbons (Fsp3) is 0.312. The Kier molecular flexibility index (Phi) is 8.30. The Bertz CT molecular complexity index is 1690. The number of nitrogens with zero attached hydrogens (tertiary/aromatic N) is 5. The summed E-state index contributed by atoms with van der Waals surface area (Å²) in [6.45, 7) is -0.330. The van der Waals surface area contributed by atoms with Gasteiger partial charge in [0.05, 0.1) is 23.3 Å². The molecule has 4 aromatic rings. The molecule has 4 heterocycles. The number of hydrogen-bond acceptors (Lipinski definition) is 5. The van der Waals surface area contributed by atoms with Crippen molar-refractivity contribution in [2.24, 2.45) is 4.99 Å². The van der Waals surface area contributed by atoms with Gasteiger partial charge in [0.25, 0.3) is 6.10 Å². The third kappa shape index (κ3) is 6.33. The quantitative estimate of drug-likeness (QED) is 0.167. The number of rotatable bonds is 5. The molecule has 0 radical (unpaired) electrons. The number of carbonyl (C=O) groups excluding carboxylic acids is 1. The van der Waals surface area contributed by atoms with E-state index in [0.717, 1.165) is 27.9 Å². The van der Waals surface area contributed by atoms with Crippen molar-refractivity contribution < 1.29 is 40.3 Å². The van der Waals surface area contributed by atoms with E-state index in [9.17, 15) is 35.5 Å². The van der Waals surface area contributed by atoms with E-state index < -0.39 is 30.4 Å². The molecule has 0 bridgehead atoms. The molecule has 1 amide bonds. The number of likely N-dealkylation sites (tertiary alicyclic amines) is 1. The lowest BCUT2D eigenvalue weighted by Gasteiger charge is -2.32. The maximum atomic E-state index is 14.0. The van der Waals surface area contributed by atoms with Crippen molar-refractivity contribution in [3.05, 3.63) is 107 Å². The molecule has 0 saturated carbocycles. The molecule has 6 rings (SSSR count). The summed E-state index contributed by atoms with van der Waals surface area (Å²) in [4.78, 5) is 22.7. The van der Waals surface area contributed by atoms with Crippen LogP contribution in [0.4, 0.5) is 41.2 Å². The Morgan fingerprint density at radius 2 is 1.48 bits per heavy atom. The van der Waals surface area contributed by atoms with E-state index in [-0.39, 0.29) is 31.8 Å². The summed E-state index contributed by atoms with van der Waals surface area (Å²) >= 11 is 0. The largest absolute Gasteiger partial charge is 0.434 e. The Hall–Kier alpha value is -4.75. The van der Waals surface area contributed by atoms with Gasteiger partial charge in [-0.2, -0.15) is 31.4 Å². The maximum absolute atomic E-state index is 14.0. The first-order chi connectivity index (χ1) is 21.9. The van der Waals surface area contributed by atoms with Crippen LogP contribution < -0.4 is 0 Å². The van der Waals surface area contributed by atoms with Gasteiger partial charge in [-0.05, 0) is 31.7 Å². The van der Waals surface area contributed by atoms with E-state index in [1.165, 1.54) is 6.07 Å². The van der Waals surface area contributed by atoms with E-state index in [4.69, 9.17) is 10.1 Å². The zero-order valence-electron chi connectivity index (χ0n) is 24.0. The third-order valence-corrected chi connectivity index (χ3v) is 7.99. The molecule has 0 N–H and O–H groups in total. The number of pyridine rings is 1. The lowest BCUT2D eigenvalue weighted by molar-refractivity contribution is -0.308. The number of fused-ring (bicyclic) bond motifs is 3. The van der Waals surface area contributed by atoms with Gasteiger partial charge in [-0.25, -0.2) is 23.8 Å². The number of piperidine rings is 1. The number of aryl methyl sites for hydroxylation is 1. The van der Waals surface area contributed by atoms with Crippen LogP contribution in [-0.4, -0.2) is 63.0 Å². The van der Waals surface area contributed by atoms with Crippen LogP contribution in [-0.2, 0) is 17.6 Å². The highest BCUT2D eigenvalue weighted by Crippen LogP contribution is 2.41. The summed E-state index contributed by atoms with van der Waals surface area (Å²) in [6.07, 6.45) is -15.2. The van der Waals surface area contributed by atoms with E-state index in [0.29, 0.717) is 41.3 Å². The highest BCUT2D eigenvalue weighted by Gasteiger charge is 2.60. The van der Waals surface area contributed by atoms with Gasteiger partial charge in [-0.15, -0.1) is 0 Å². The maximum Gasteiger partial charge on any atom is 0.434 e. The summed E-state index contributed by atoms with van der Waals surface area (Å²) in [5, 5.41) is 4.86. The van der Waals surface area contributed by atoms with E-state index in [1.807, 2.05) is 60.7 Å². The highest BCUT2D eigenvalue weighted by atomic mass is 19.4. The smallest absolute Gasteiger partial charge is 0.426 e. The minimum atomic E-state index is -5.81. The van der Waals surface area contributed by atoms with Crippen LogP contribution in [0.1, 0.15) is 46.8 Å². The lowest BCUT2D eigenvalue weighted by Crippen LogP contribution is -2.49. The number of hydrogen-bond donors (Lipinski definition) is 0. The topological polar surface area (TPSA) is 72.6 Å². The van der Waals surface area contributed by atoms with Crippen LogP contribution in [0.25, 0.3) is 5.82 Å². The van der Waals surface area contributed by atoms with Crippen molar-refractivity contribution in [1.29, 1.82) is 0 Å². The van der Waals surface area contributed by atoms with Gasteiger partial charge in [0.1, 0.15) is 11.5 Å². The standard InChI is InChI=1S/C32H26F7N5O2/c33-23-17-22-11-12-24-27(41-25(19-7-3-1-4-8-19)20-9-5-2-6-10-20)26(42-44(24)28(22)40-18-23)21-13-15-43(16-14-21)30(45)46-29(31(34,35)36)32(37,38)39/h1-10,17-18,21,29H,11-16H2. The summed E-state index contributed by atoms with van der Waals surface area (Å²) in [7, 11) is 0. The van der Waals surface area contributed by atoms with Gasteiger partial charge < -0.3 is 9.64 Å². The number of amides is 1. The zero-order valence-corrected chi connectivity index (χ0v) is 24.0. The van der Waals surface area contributed by atoms with Crippen molar-refractivity contribution in [3.63, 3.8) is 0 Å². The van der Waals surface area contributed by atoms with Crippen molar-refractivity contribution in [2.45, 2.75) is 50.1 Å². The Morgan fingerprint density at radius 1 is 0.891 bits per heavy atom. The van der Waals surface area contributed by atoms with Crippen LogP contribution in [0.15, 0.2) is 77.9 Å². The summed E-state index contributed by atoms with van der Waals surface area (Å²) in [6, 6.07) is 20.4. The number of aromatic nitrogens is 3. The van der Waals surface area contributed by atoms with Crippen LogP contribution in [0, 0.1) is 5.82 Å². The van der Waals surface area contributed by atoms with Crippen molar-refractivity contribution in [1.82, 2.24) is 19.7 Å². The molecule has 0 atom stereocenters. The molecule has 240 valence electrons. The predicted octanol–water partition coefficient (Wildman–Crippen LogP) is 7.48. The average molecular weight is 646 g/mol. The molecule has 0 aliphatic carbocycles. The zero-order chi connectivity index (χ0) is 32.6. The van der Waals surface area contributed by atoms with Crippen LogP contribution in [0.2, 0.25) is 0 Å². The molecular formula is C32H26F7N5O2. The molecule has 0 spiro atoms. The third-order valence-electron chi connectivity index (χ3n) is 7.99. The second kappa shape index (κ2) is 12.2. The predicted molar refractivity (Wildman–Crippen MR) is 153 cm³/mol. The van der Waals surface area contributed by atoms with E-state index in [1.54, 1.807) is 4.68 Å². The Morgan fingerprint density at radius 3 is 2.04 bits per heavy atom. The van der Waals surface area contributed by atoms with E-state index >= 15 is 0 Å². The fourth-order valence-electron chi connectivity index (χ4n) is 5.79. The molecule has 0 unspecified atom stereocenters. The van der Waals surface area contributed by atoms with Crippen molar-refractivity contribution >= 4 is 17.5 Å². The SMILES string of the molecule is O=C(OC(C(F)(F)F)C(F)(F)F)N1CCC(c2nn3c(c2N=C(c2ccccc2)c2ccccc2)CCc2cc(F)cnc2-3)CC1. The first-order valence-corrected chi connectivity index (χ1v) is 14.4. The molecule has 2 aromatic heterocycles. The first kappa shape index (κ1) is 31.2. The van der Waals surface area contributed by atoms with Crippen LogP contribution in [0.3, 0.4) is 0 Å². The van der Waals surface area contributed by atoms with Gasteiger partial charge in [-0.3, -0.25) is 0 Å². The van der Waals surface area contributed by atoms with Gasteiger partial charge in [-0.1, -0.05) is 60.7 Å². The summed E-state index contributed by atoms with van der Waals surface area (Å²) < 4.78 is 97.5. The molecule has 1 fully saturated rings. The summed E-state index contributed by atoms with van der Waals surface area (Å²) in [5.74, 6) is -0.405. The number of benzene rings is 2. The average Bonchev–Trinajstić information content (AvgIpc) is 3.40. The number of alkyl halides is 6. The molecule has 14 heteroatoms. The van der Waals surface area contributed by atoms with Crippen LogP contribution in [0.5, 0.6) is 0 Å². The number of aliphatic imine (C=N–C) groups is 1. The number of halogens is 7. The summed E-state index contributed by atoms with van der Waals surface area (Å²) in [5.41, 5.74) is 4.79. The monoisotopic (exact) mass is 645 g/mol. The fourth-order valence-corrected chi connectivity index (χ4v) is 5.79. The second-order valence-corrected chi connectivity index (χ2v) is 11.0. The minimum Gasteiger partial charge on any atom is -0.426 e. The highest BCUT2D eigenvalue weighted by molar-refractivity contribution is 6.14. The van der Waals surface area contributed by atoms with Crippen molar-refractivity contribution in [2.75, 3.05) is 13.1 Å². The van der Waals surface area contributed by atoms with Crippen LogP contribution >= 0.6 is 0 Å². The number of ether oxygens (including phenoxy) is 1. The van der Waals surface area contributed by atoms with Gasteiger partial charge >= 0.3 is 18.4 Å². The minimum absolute atomic E-state index is 0.165.